The van der Waals surface area contributed by atoms with Gasteiger partial charge in [-0.3, -0.25) is 5.41 Å². The summed E-state index contributed by atoms with van der Waals surface area (Å²) in [5.41, 5.74) is 9.49. The molecule has 6 N–H and O–H groups in total. The van der Waals surface area contributed by atoms with Crippen molar-refractivity contribution >= 4 is 28.0 Å². The molecular weight excluding hydrogens is 544 g/mol. The average molecular weight is 581 g/mol. The monoisotopic (exact) mass is 580 g/mol. The summed E-state index contributed by atoms with van der Waals surface area (Å²) in [6.45, 7) is 5.15. The molecule has 0 aliphatic rings. The molecule has 0 saturated carbocycles. The standard InChI is InChI=1S/C26H36N4O9S/c1-5-22(36-18-10-14-20(15-11-18)39-40(4,33)34)35-17-8-12-19(13-9-17)38-26(2,3)24(32)37-23(31)21(27)7-6-16-30-25(28)29/h8-15,21-22H,5-7,16,27H2,1-4H3,(H4,28,29,30)/t21-,22?/m0/s1. The van der Waals surface area contributed by atoms with Crippen LogP contribution in [-0.4, -0.2) is 57.0 Å². The van der Waals surface area contributed by atoms with Crippen molar-refractivity contribution in [1.82, 2.24) is 5.32 Å². The zero-order valence-corrected chi connectivity index (χ0v) is 23.7. The number of nitrogens with one attached hydrogen (secondary N) is 2. The Morgan fingerprint density at radius 3 is 1.95 bits per heavy atom. The number of hydrogen-bond acceptors (Lipinski definition) is 11. The maximum Gasteiger partial charge on any atom is 0.357 e. The van der Waals surface area contributed by atoms with Crippen LogP contribution in [0, 0.1) is 5.41 Å². The maximum atomic E-state index is 12.6. The normalized spacial score (nSPS) is 12.9. The van der Waals surface area contributed by atoms with E-state index in [9.17, 15) is 18.0 Å². The summed E-state index contributed by atoms with van der Waals surface area (Å²) in [4.78, 5) is 24.7. The summed E-state index contributed by atoms with van der Waals surface area (Å²) < 4.78 is 49.6. The SMILES string of the molecule is CCC(Oc1ccc(OC(C)(C)C(=O)OC(=O)[C@@H](N)CCCNC(=N)N)cc1)Oc1ccc(OS(C)(=O)=O)cc1. The van der Waals surface area contributed by atoms with E-state index < -0.39 is 40.0 Å². The van der Waals surface area contributed by atoms with Crippen molar-refractivity contribution in [2.75, 3.05) is 12.8 Å². The average Bonchev–Trinajstić information content (AvgIpc) is 2.87. The number of hydrogen-bond donors (Lipinski definition) is 4. The molecule has 0 saturated heterocycles. The summed E-state index contributed by atoms with van der Waals surface area (Å²) in [6.07, 6.45) is 1.51. The number of benzene rings is 2. The minimum absolute atomic E-state index is 0.164. The fourth-order valence-corrected chi connectivity index (χ4v) is 3.58. The molecule has 2 aromatic carbocycles. The number of guanidine groups is 1. The third-order valence-corrected chi connectivity index (χ3v) is 5.63. The van der Waals surface area contributed by atoms with Crippen LogP contribution in [0.3, 0.4) is 0 Å². The Morgan fingerprint density at radius 2 is 1.48 bits per heavy atom. The lowest BCUT2D eigenvalue weighted by molar-refractivity contribution is -0.170. The number of nitrogens with two attached hydrogens (primary N) is 2. The molecule has 2 aromatic rings. The molecule has 40 heavy (non-hydrogen) atoms. The van der Waals surface area contributed by atoms with Crippen molar-refractivity contribution in [2.24, 2.45) is 11.5 Å². The molecule has 0 spiro atoms. The van der Waals surface area contributed by atoms with E-state index in [0.717, 1.165) is 6.26 Å². The van der Waals surface area contributed by atoms with E-state index in [-0.39, 0.29) is 18.1 Å². The molecule has 0 fully saturated rings. The molecule has 0 aliphatic carbocycles. The second kappa shape index (κ2) is 14.4. The first-order chi connectivity index (χ1) is 18.7. The summed E-state index contributed by atoms with van der Waals surface area (Å²) >= 11 is 0. The van der Waals surface area contributed by atoms with E-state index in [4.69, 9.17) is 40.0 Å². The van der Waals surface area contributed by atoms with Crippen molar-refractivity contribution < 1.29 is 41.1 Å². The van der Waals surface area contributed by atoms with Gasteiger partial charge in [-0.15, -0.1) is 0 Å². The maximum absolute atomic E-state index is 12.6. The topological polar surface area (TPSA) is 202 Å². The molecule has 0 bridgehead atoms. The van der Waals surface area contributed by atoms with E-state index in [1.54, 1.807) is 36.4 Å². The van der Waals surface area contributed by atoms with Gasteiger partial charge in [0.2, 0.25) is 11.9 Å². The lowest BCUT2D eigenvalue weighted by Gasteiger charge is -2.24. The Morgan fingerprint density at radius 1 is 0.975 bits per heavy atom. The number of carbonyl (C=O) groups excluding carboxylic acids is 2. The third-order valence-electron chi connectivity index (χ3n) is 5.13. The molecule has 13 nitrogen and oxygen atoms in total. The molecule has 2 atom stereocenters. The zero-order valence-electron chi connectivity index (χ0n) is 22.8. The summed E-state index contributed by atoms with van der Waals surface area (Å²) in [5, 5.41) is 9.69. The van der Waals surface area contributed by atoms with Crippen molar-refractivity contribution in [2.45, 2.75) is 58.0 Å². The van der Waals surface area contributed by atoms with Crippen LogP contribution in [0.5, 0.6) is 23.0 Å². The molecule has 2 rings (SSSR count). The van der Waals surface area contributed by atoms with Gasteiger partial charge in [0.1, 0.15) is 29.0 Å². The molecule has 0 heterocycles. The van der Waals surface area contributed by atoms with Gasteiger partial charge in [-0.2, -0.15) is 8.42 Å². The molecule has 220 valence electrons. The molecule has 0 aromatic heterocycles. The van der Waals surface area contributed by atoms with Gasteiger partial charge in [0.25, 0.3) is 0 Å². The van der Waals surface area contributed by atoms with E-state index in [1.165, 1.54) is 26.0 Å². The highest BCUT2D eigenvalue weighted by atomic mass is 32.2. The van der Waals surface area contributed by atoms with E-state index in [2.05, 4.69) is 5.32 Å². The van der Waals surface area contributed by atoms with E-state index >= 15 is 0 Å². The van der Waals surface area contributed by atoms with E-state index in [1.807, 2.05) is 6.92 Å². The van der Waals surface area contributed by atoms with Gasteiger partial charge in [-0.1, -0.05) is 6.92 Å². The molecule has 0 radical (unpaired) electrons. The van der Waals surface area contributed by atoms with Crippen molar-refractivity contribution in [3.63, 3.8) is 0 Å². The first-order valence-corrected chi connectivity index (χ1v) is 14.2. The summed E-state index contributed by atoms with van der Waals surface area (Å²) in [7, 11) is -3.63. The minimum atomic E-state index is -3.63. The van der Waals surface area contributed by atoms with Crippen LogP contribution in [0.1, 0.15) is 40.0 Å². The second-order valence-corrected chi connectivity index (χ2v) is 10.8. The number of carbonyl (C=O) groups is 2. The highest BCUT2D eigenvalue weighted by molar-refractivity contribution is 7.86. The summed E-state index contributed by atoms with van der Waals surface area (Å²) in [6, 6.07) is 11.5. The minimum Gasteiger partial charge on any atom is -0.476 e. The van der Waals surface area contributed by atoms with Gasteiger partial charge < -0.3 is 39.9 Å². The molecule has 1 unspecified atom stereocenters. The van der Waals surface area contributed by atoms with Crippen LogP contribution in [0.25, 0.3) is 0 Å². The number of esters is 2. The fraction of sp³-hybridized carbons (Fsp3) is 0.423. The van der Waals surface area contributed by atoms with Crippen LogP contribution in [0.15, 0.2) is 48.5 Å². The van der Waals surface area contributed by atoms with Gasteiger partial charge in [0, 0.05) is 13.0 Å². The second-order valence-electron chi connectivity index (χ2n) is 9.21. The van der Waals surface area contributed by atoms with Crippen molar-refractivity contribution in [1.29, 1.82) is 5.41 Å². The Balaban J connectivity index is 1.89. The van der Waals surface area contributed by atoms with Gasteiger partial charge >= 0.3 is 22.1 Å². The Hall–Kier alpha value is -4.04. The first-order valence-electron chi connectivity index (χ1n) is 12.4. The van der Waals surface area contributed by atoms with Crippen LogP contribution < -0.4 is 35.2 Å². The Labute approximate surface area is 233 Å². The number of rotatable bonds is 15. The largest absolute Gasteiger partial charge is 0.476 e. The predicted molar refractivity (Wildman–Crippen MR) is 147 cm³/mol. The predicted octanol–water partition coefficient (Wildman–Crippen LogP) is 2.04. The smallest absolute Gasteiger partial charge is 0.357 e. The summed E-state index contributed by atoms with van der Waals surface area (Å²) in [5.74, 6) is -0.547. The molecular formula is C26H36N4O9S. The van der Waals surface area contributed by atoms with Crippen molar-refractivity contribution in [3.05, 3.63) is 48.5 Å². The Kier molecular flexibility index (Phi) is 11.6. The Bertz CT molecular complexity index is 1250. The van der Waals surface area contributed by atoms with Crippen LogP contribution in [0.4, 0.5) is 0 Å². The fourth-order valence-electron chi connectivity index (χ4n) is 3.12. The highest BCUT2D eigenvalue weighted by Gasteiger charge is 2.35. The highest BCUT2D eigenvalue weighted by Crippen LogP contribution is 2.25. The van der Waals surface area contributed by atoms with Gasteiger partial charge in [-0.25, -0.2) is 9.59 Å². The lowest BCUT2D eigenvalue weighted by atomic mass is 10.1. The van der Waals surface area contributed by atoms with Crippen LogP contribution in [0.2, 0.25) is 0 Å². The zero-order chi connectivity index (χ0) is 29.9. The molecule has 14 heteroatoms. The van der Waals surface area contributed by atoms with Gasteiger partial charge in [0.15, 0.2) is 5.96 Å². The lowest BCUT2D eigenvalue weighted by Crippen LogP contribution is -2.44. The van der Waals surface area contributed by atoms with Crippen LogP contribution in [-0.2, 0) is 24.4 Å². The van der Waals surface area contributed by atoms with Gasteiger partial charge in [0.05, 0.1) is 6.26 Å². The third kappa shape index (κ3) is 11.4. The molecule has 0 amide bonds. The van der Waals surface area contributed by atoms with Crippen molar-refractivity contribution in [3.8, 4) is 23.0 Å². The molecule has 0 aliphatic heterocycles. The first kappa shape index (κ1) is 32.2. The van der Waals surface area contributed by atoms with E-state index in [0.29, 0.717) is 36.6 Å². The van der Waals surface area contributed by atoms with Crippen LogP contribution >= 0.6 is 0 Å². The quantitative estimate of drug-likeness (QED) is 0.0455. The van der Waals surface area contributed by atoms with Gasteiger partial charge in [-0.05, 0) is 75.2 Å². The number of ether oxygens (including phenoxy) is 4.